The van der Waals surface area contributed by atoms with Crippen molar-refractivity contribution >= 4 is 12.0 Å². The van der Waals surface area contributed by atoms with E-state index in [1.807, 2.05) is 6.92 Å². The Hall–Kier alpha value is -1.30. The third kappa shape index (κ3) is 3.59. The number of hydrogen-bond donors (Lipinski definition) is 1. The van der Waals surface area contributed by atoms with E-state index in [1.54, 1.807) is 16.7 Å². The van der Waals surface area contributed by atoms with Crippen LogP contribution in [-0.4, -0.2) is 60.6 Å². The van der Waals surface area contributed by atoms with Crippen LogP contribution >= 0.6 is 0 Å². The van der Waals surface area contributed by atoms with Gasteiger partial charge in [-0.25, -0.2) is 4.79 Å². The fourth-order valence-electron chi connectivity index (χ4n) is 1.73. The van der Waals surface area contributed by atoms with Crippen LogP contribution in [0.1, 0.15) is 20.3 Å². The summed E-state index contributed by atoms with van der Waals surface area (Å²) in [5.74, 6) is -0.0315. The Kier molecular flexibility index (Phi) is 5.21. The summed E-state index contributed by atoms with van der Waals surface area (Å²) >= 11 is 0. The molecule has 0 unspecified atom stereocenters. The highest BCUT2D eigenvalue weighted by atomic mass is 16.6. The molecule has 6 heteroatoms. The summed E-state index contributed by atoms with van der Waals surface area (Å²) in [5.41, 5.74) is 5.69. The number of amides is 2. The van der Waals surface area contributed by atoms with Crippen molar-refractivity contribution in [2.75, 3.05) is 32.8 Å². The van der Waals surface area contributed by atoms with E-state index in [1.165, 1.54) is 0 Å². The first-order chi connectivity index (χ1) is 8.10. The third-order valence-electron chi connectivity index (χ3n) is 2.87. The first-order valence-corrected chi connectivity index (χ1v) is 6.06. The predicted octanol–water partition coefficient (Wildman–Crippen LogP) is 0.0244. The highest BCUT2D eigenvalue weighted by molar-refractivity contribution is 5.81. The molecular weight excluding hydrogens is 222 g/mol. The van der Waals surface area contributed by atoms with E-state index in [2.05, 4.69) is 0 Å². The van der Waals surface area contributed by atoms with Crippen molar-refractivity contribution in [1.82, 2.24) is 9.80 Å². The third-order valence-corrected chi connectivity index (χ3v) is 2.87. The van der Waals surface area contributed by atoms with Crippen LogP contribution in [0.5, 0.6) is 0 Å². The van der Waals surface area contributed by atoms with Crippen LogP contribution in [0.3, 0.4) is 0 Å². The van der Waals surface area contributed by atoms with Gasteiger partial charge in [-0.15, -0.1) is 0 Å². The molecule has 6 nitrogen and oxygen atoms in total. The number of nitrogens with two attached hydrogens (primary N) is 1. The van der Waals surface area contributed by atoms with Gasteiger partial charge < -0.3 is 20.3 Å². The minimum Gasteiger partial charge on any atom is -0.450 e. The lowest BCUT2D eigenvalue weighted by molar-refractivity contribution is -0.134. The summed E-state index contributed by atoms with van der Waals surface area (Å²) in [6.45, 7) is 6.13. The van der Waals surface area contributed by atoms with Crippen LogP contribution in [-0.2, 0) is 9.53 Å². The van der Waals surface area contributed by atoms with E-state index in [0.717, 1.165) is 0 Å². The lowest BCUT2D eigenvalue weighted by Gasteiger charge is -2.35. The van der Waals surface area contributed by atoms with Crippen molar-refractivity contribution in [2.24, 2.45) is 5.73 Å². The number of carbonyl (C=O) groups excluding carboxylic acids is 2. The zero-order valence-corrected chi connectivity index (χ0v) is 10.5. The summed E-state index contributed by atoms with van der Waals surface area (Å²) < 4.78 is 4.90. The summed E-state index contributed by atoms with van der Waals surface area (Å²) in [4.78, 5) is 26.6. The maximum atomic E-state index is 11.8. The SMILES string of the molecule is CCOC(=O)N1CCN(C(=O)[C@H](N)CC)CC1. The van der Waals surface area contributed by atoms with Crippen LogP contribution in [0.4, 0.5) is 4.79 Å². The minimum absolute atomic E-state index is 0.0315. The molecular formula is C11H21N3O3. The number of hydrogen-bond acceptors (Lipinski definition) is 4. The van der Waals surface area contributed by atoms with Gasteiger partial charge >= 0.3 is 6.09 Å². The van der Waals surface area contributed by atoms with Gasteiger partial charge in [0.1, 0.15) is 0 Å². The molecule has 98 valence electrons. The average molecular weight is 243 g/mol. The van der Waals surface area contributed by atoms with Crippen LogP contribution in [0.25, 0.3) is 0 Å². The van der Waals surface area contributed by atoms with Gasteiger partial charge in [-0.05, 0) is 13.3 Å². The van der Waals surface area contributed by atoms with Gasteiger partial charge in [0.25, 0.3) is 0 Å². The summed E-state index contributed by atoms with van der Waals surface area (Å²) in [5, 5.41) is 0. The van der Waals surface area contributed by atoms with E-state index >= 15 is 0 Å². The molecule has 0 aliphatic carbocycles. The lowest BCUT2D eigenvalue weighted by Crippen LogP contribution is -2.54. The first kappa shape index (κ1) is 13.8. The Morgan fingerprint density at radius 1 is 1.18 bits per heavy atom. The summed E-state index contributed by atoms with van der Waals surface area (Å²) in [7, 11) is 0. The first-order valence-electron chi connectivity index (χ1n) is 6.06. The molecule has 2 N–H and O–H groups in total. The Morgan fingerprint density at radius 2 is 1.71 bits per heavy atom. The predicted molar refractivity (Wildman–Crippen MR) is 63.4 cm³/mol. The van der Waals surface area contributed by atoms with Crippen LogP contribution in [0, 0.1) is 0 Å². The van der Waals surface area contributed by atoms with Gasteiger partial charge in [0.15, 0.2) is 0 Å². The molecule has 0 radical (unpaired) electrons. The maximum Gasteiger partial charge on any atom is 0.409 e. The normalized spacial score (nSPS) is 17.8. The molecule has 17 heavy (non-hydrogen) atoms. The van der Waals surface area contributed by atoms with E-state index in [9.17, 15) is 9.59 Å². The fourth-order valence-corrected chi connectivity index (χ4v) is 1.73. The second-order valence-electron chi connectivity index (χ2n) is 4.03. The quantitative estimate of drug-likeness (QED) is 0.758. The largest absolute Gasteiger partial charge is 0.450 e. The Morgan fingerprint density at radius 3 is 2.18 bits per heavy atom. The molecule has 0 bridgehead atoms. The number of nitrogens with zero attached hydrogens (tertiary/aromatic N) is 2. The standard InChI is InChI=1S/C11H21N3O3/c1-3-9(12)10(15)13-5-7-14(8-6-13)11(16)17-4-2/h9H,3-8,12H2,1-2H3/t9-/m1/s1. The molecule has 0 aromatic carbocycles. The molecule has 1 rings (SSSR count). The smallest absolute Gasteiger partial charge is 0.409 e. The summed E-state index contributed by atoms with van der Waals surface area (Å²) in [6, 6.07) is -0.427. The van der Waals surface area contributed by atoms with Crippen molar-refractivity contribution in [2.45, 2.75) is 26.3 Å². The van der Waals surface area contributed by atoms with Crippen molar-refractivity contribution in [3.8, 4) is 0 Å². The zero-order chi connectivity index (χ0) is 12.8. The Balaban J connectivity index is 2.40. The monoisotopic (exact) mass is 243 g/mol. The van der Waals surface area contributed by atoms with E-state index in [0.29, 0.717) is 39.2 Å². The number of carbonyl (C=O) groups is 2. The number of ether oxygens (including phenoxy) is 1. The molecule has 1 fully saturated rings. The van der Waals surface area contributed by atoms with Crippen LogP contribution in [0.2, 0.25) is 0 Å². The average Bonchev–Trinajstić information content (AvgIpc) is 2.37. The number of rotatable bonds is 3. The molecule has 1 aliphatic heterocycles. The van der Waals surface area contributed by atoms with Crippen molar-refractivity contribution in [3.05, 3.63) is 0 Å². The minimum atomic E-state index is -0.427. The fraction of sp³-hybridized carbons (Fsp3) is 0.818. The molecule has 1 aliphatic rings. The Bertz CT molecular complexity index is 275. The van der Waals surface area contributed by atoms with Crippen molar-refractivity contribution in [3.63, 3.8) is 0 Å². The second-order valence-corrected chi connectivity index (χ2v) is 4.03. The van der Waals surface area contributed by atoms with Gasteiger partial charge in [-0.3, -0.25) is 4.79 Å². The molecule has 1 saturated heterocycles. The van der Waals surface area contributed by atoms with E-state index in [-0.39, 0.29) is 12.0 Å². The van der Waals surface area contributed by atoms with Gasteiger partial charge in [-0.1, -0.05) is 6.92 Å². The number of piperazine rings is 1. The topological polar surface area (TPSA) is 75.9 Å². The Labute approximate surface area is 102 Å². The molecule has 2 amide bonds. The van der Waals surface area contributed by atoms with Crippen molar-refractivity contribution in [1.29, 1.82) is 0 Å². The van der Waals surface area contributed by atoms with Gasteiger partial charge in [0, 0.05) is 26.2 Å². The van der Waals surface area contributed by atoms with E-state index < -0.39 is 6.04 Å². The molecule has 1 atom stereocenters. The second kappa shape index (κ2) is 6.44. The van der Waals surface area contributed by atoms with Gasteiger partial charge in [0.2, 0.25) is 5.91 Å². The maximum absolute atomic E-state index is 11.8. The van der Waals surface area contributed by atoms with E-state index in [4.69, 9.17) is 10.5 Å². The highest BCUT2D eigenvalue weighted by Crippen LogP contribution is 2.06. The van der Waals surface area contributed by atoms with Crippen LogP contribution < -0.4 is 5.73 Å². The molecule has 0 aromatic rings. The lowest BCUT2D eigenvalue weighted by atomic mass is 10.2. The summed E-state index contributed by atoms with van der Waals surface area (Å²) in [6.07, 6.45) is 0.330. The molecule has 0 spiro atoms. The van der Waals surface area contributed by atoms with Gasteiger partial charge in [0.05, 0.1) is 12.6 Å². The van der Waals surface area contributed by atoms with Crippen molar-refractivity contribution < 1.29 is 14.3 Å². The van der Waals surface area contributed by atoms with Crippen LogP contribution in [0.15, 0.2) is 0 Å². The molecule has 0 saturated carbocycles. The molecule has 0 aromatic heterocycles. The zero-order valence-electron chi connectivity index (χ0n) is 10.5. The highest BCUT2D eigenvalue weighted by Gasteiger charge is 2.26. The molecule has 1 heterocycles. The van der Waals surface area contributed by atoms with Gasteiger partial charge in [-0.2, -0.15) is 0 Å².